The van der Waals surface area contributed by atoms with E-state index in [-0.39, 0.29) is 5.63 Å². The van der Waals surface area contributed by atoms with Crippen molar-refractivity contribution in [3.63, 3.8) is 0 Å². The molecule has 4 nitrogen and oxygen atoms in total. The summed E-state index contributed by atoms with van der Waals surface area (Å²) >= 11 is 1.60. The molecule has 1 aliphatic carbocycles. The fourth-order valence-electron chi connectivity index (χ4n) is 2.94. The van der Waals surface area contributed by atoms with E-state index in [0.717, 1.165) is 28.1 Å². The maximum absolute atomic E-state index is 12.2. The second-order valence-electron chi connectivity index (χ2n) is 6.61. The lowest BCUT2D eigenvalue weighted by molar-refractivity contribution is 0.371. The SMILES string of the molecule is O=c1on(SC2CC2)c2ccc(-c3ccc(Oc4ccccc4)cc3)cc12. The minimum Gasteiger partial charge on any atom is -0.457 e. The fourth-order valence-corrected chi connectivity index (χ4v) is 3.94. The largest absolute Gasteiger partial charge is 0.457 e. The number of benzene rings is 3. The van der Waals surface area contributed by atoms with Crippen LogP contribution in [0.15, 0.2) is 82.1 Å². The van der Waals surface area contributed by atoms with Gasteiger partial charge in [-0.3, -0.25) is 0 Å². The van der Waals surface area contributed by atoms with E-state index in [0.29, 0.717) is 10.6 Å². The van der Waals surface area contributed by atoms with Crippen LogP contribution in [0.2, 0.25) is 0 Å². The summed E-state index contributed by atoms with van der Waals surface area (Å²) in [6, 6.07) is 23.4. The molecule has 1 aromatic heterocycles. The standard InChI is InChI=1S/C22H17NO3S/c24-22-20-14-16(8-13-21(20)23(26-22)27-19-11-12-19)15-6-9-18(10-7-15)25-17-4-2-1-3-5-17/h1-10,13-14,19H,11-12H2. The van der Waals surface area contributed by atoms with Crippen LogP contribution in [-0.2, 0) is 0 Å². The highest BCUT2D eigenvalue weighted by atomic mass is 32.2. The van der Waals surface area contributed by atoms with Gasteiger partial charge >= 0.3 is 5.63 Å². The zero-order valence-corrected chi connectivity index (χ0v) is 15.3. The van der Waals surface area contributed by atoms with Crippen LogP contribution in [0.1, 0.15) is 12.8 Å². The highest BCUT2D eigenvalue weighted by Crippen LogP contribution is 2.37. The fraction of sp³-hybridized carbons (Fsp3) is 0.136. The zero-order chi connectivity index (χ0) is 18.2. The first-order valence-corrected chi connectivity index (χ1v) is 9.76. The smallest absolute Gasteiger partial charge is 0.366 e. The lowest BCUT2D eigenvalue weighted by Crippen LogP contribution is -1.92. The molecule has 0 N–H and O–H groups in total. The number of ether oxygens (including phenoxy) is 1. The molecule has 0 unspecified atom stereocenters. The van der Waals surface area contributed by atoms with Gasteiger partial charge in [0.1, 0.15) is 17.0 Å². The molecule has 0 radical (unpaired) electrons. The van der Waals surface area contributed by atoms with E-state index in [1.165, 1.54) is 12.8 Å². The second-order valence-corrected chi connectivity index (χ2v) is 7.82. The Balaban J connectivity index is 1.43. The van der Waals surface area contributed by atoms with Crippen LogP contribution in [0.4, 0.5) is 0 Å². The van der Waals surface area contributed by atoms with Crippen LogP contribution < -0.4 is 10.4 Å². The Labute approximate surface area is 160 Å². The van der Waals surface area contributed by atoms with Crippen LogP contribution >= 0.6 is 11.9 Å². The van der Waals surface area contributed by atoms with Crippen molar-refractivity contribution in [2.45, 2.75) is 18.1 Å². The van der Waals surface area contributed by atoms with Gasteiger partial charge in [0, 0.05) is 5.25 Å². The van der Waals surface area contributed by atoms with Gasteiger partial charge in [-0.2, -0.15) is 0 Å². The Morgan fingerprint density at radius 2 is 1.59 bits per heavy atom. The first-order valence-electron chi connectivity index (χ1n) is 8.93. The summed E-state index contributed by atoms with van der Waals surface area (Å²) in [7, 11) is 0. The molecule has 1 fully saturated rings. The molecule has 0 atom stereocenters. The summed E-state index contributed by atoms with van der Waals surface area (Å²) in [6.07, 6.45) is 2.37. The average Bonchev–Trinajstić information content (AvgIpc) is 3.47. The molecule has 1 saturated carbocycles. The minimum absolute atomic E-state index is 0.288. The topological polar surface area (TPSA) is 44.4 Å². The molecule has 0 spiro atoms. The number of hydrogen-bond acceptors (Lipinski definition) is 4. The van der Waals surface area contributed by atoms with E-state index in [9.17, 15) is 4.79 Å². The number of fused-ring (bicyclic) bond motifs is 1. The van der Waals surface area contributed by atoms with Gasteiger partial charge in [0.2, 0.25) is 0 Å². The van der Waals surface area contributed by atoms with Crippen molar-refractivity contribution in [3.05, 3.63) is 83.2 Å². The van der Waals surface area contributed by atoms with Gasteiger partial charge < -0.3 is 9.26 Å². The van der Waals surface area contributed by atoms with Crippen molar-refractivity contribution in [2.75, 3.05) is 0 Å². The zero-order valence-electron chi connectivity index (χ0n) is 14.5. The lowest BCUT2D eigenvalue weighted by atomic mass is 10.0. The van der Waals surface area contributed by atoms with Gasteiger partial charge in [0.25, 0.3) is 0 Å². The number of nitrogens with zero attached hydrogens (tertiary/aromatic N) is 1. The van der Waals surface area contributed by atoms with Crippen LogP contribution in [0.5, 0.6) is 11.5 Å². The van der Waals surface area contributed by atoms with Crippen LogP contribution in [-0.4, -0.2) is 9.40 Å². The van der Waals surface area contributed by atoms with Crippen LogP contribution in [0.3, 0.4) is 0 Å². The number of hydrogen-bond donors (Lipinski definition) is 0. The van der Waals surface area contributed by atoms with Gasteiger partial charge in [-0.05, 0) is 72.3 Å². The monoisotopic (exact) mass is 375 g/mol. The Bertz CT molecular complexity index is 1140. The van der Waals surface area contributed by atoms with E-state index >= 15 is 0 Å². The van der Waals surface area contributed by atoms with Gasteiger partial charge in [-0.1, -0.05) is 36.4 Å². The van der Waals surface area contributed by atoms with Gasteiger partial charge in [-0.15, -0.1) is 4.15 Å². The Morgan fingerprint density at radius 3 is 2.33 bits per heavy atom. The van der Waals surface area contributed by atoms with Crippen molar-refractivity contribution < 1.29 is 9.26 Å². The minimum atomic E-state index is -0.288. The molecule has 3 aromatic carbocycles. The quantitative estimate of drug-likeness (QED) is 0.448. The van der Waals surface area contributed by atoms with Crippen molar-refractivity contribution in [1.82, 2.24) is 4.15 Å². The Kier molecular flexibility index (Phi) is 4.02. The van der Waals surface area contributed by atoms with Gasteiger partial charge in [0.05, 0.1) is 5.39 Å². The van der Waals surface area contributed by atoms with Crippen LogP contribution in [0, 0.1) is 0 Å². The molecule has 0 aliphatic heterocycles. The van der Waals surface area contributed by atoms with Crippen molar-refractivity contribution >= 4 is 22.9 Å². The van der Waals surface area contributed by atoms with Crippen LogP contribution in [0.25, 0.3) is 22.0 Å². The average molecular weight is 375 g/mol. The first-order chi connectivity index (χ1) is 13.3. The summed E-state index contributed by atoms with van der Waals surface area (Å²) in [6.45, 7) is 0. The second kappa shape index (κ2) is 6.67. The highest BCUT2D eigenvalue weighted by Gasteiger charge is 2.25. The van der Waals surface area contributed by atoms with Crippen molar-refractivity contribution in [3.8, 4) is 22.6 Å². The number of rotatable bonds is 5. The van der Waals surface area contributed by atoms with E-state index < -0.39 is 0 Å². The van der Waals surface area contributed by atoms with E-state index in [1.807, 2.05) is 72.8 Å². The lowest BCUT2D eigenvalue weighted by Gasteiger charge is -2.07. The molecule has 4 aromatic rings. The normalized spacial score (nSPS) is 13.8. The highest BCUT2D eigenvalue weighted by molar-refractivity contribution is 7.98. The molecule has 134 valence electrons. The molecule has 0 saturated heterocycles. The van der Waals surface area contributed by atoms with E-state index in [4.69, 9.17) is 9.26 Å². The summed E-state index contributed by atoms with van der Waals surface area (Å²) in [5.74, 6) is 1.58. The molecular formula is C22H17NO3S. The molecule has 0 bridgehead atoms. The third-order valence-electron chi connectivity index (χ3n) is 4.51. The van der Waals surface area contributed by atoms with Gasteiger partial charge in [-0.25, -0.2) is 4.79 Å². The molecular weight excluding hydrogens is 358 g/mol. The molecule has 1 aliphatic rings. The predicted molar refractivity (Wildman–Crippen MR) is 108 cm³/mol. The Morgan fingerprint density at radius 1 is 0.889 bits per heavy atom. The molecule has 1 heterocycles. The summed E-state index contributed by atoms with van der Waals surface area (Å²) in [5.41, 5.74) is 2.56. The Hall–Kier alpha value is -2.92. The summed E-state index contributed by atoms with van der Waals surface area (Å²) in [4.78, 5) is 12.2. The maximum Gasteiger partial charge on any atom is 0.366 e. The van der Waals surface area contributed by atoms with E-state index in [1.54, 1.807) is 16.1 Å². The summed E-state index contributed by atoms with van der Waals surface area (Å²) < 4.78 is 12.9. The number of aromatic nitrogens is 1. The third kappa shape index (κ3) is 3.38. The van der Waals surface area contributed by atoms with E-state index in [2.05, 4.69) is 0 Å². The van der Waals surface area contributed by atoms with Crippen molar-refractivity contribution in [2.24, 2.45) is 0 Å². The predicted octanol–water partition coefficient (Wildman–Crippen LogP) is 5.71. The molecule has 5 heteroatoms. The number of para-hydroxylation sites is 1. The first kappa shape index (κ1) is 16.3. The van der Waals surface area contributed by atoms with Gasteiger partial charge in [0.15, 0.2) is 0 Å². The molecule has 0 amide bonds. The molecule has 5 rings (SSSR count). The summed E-state index contributed by atoms with van der Waals surface area (Å²) in [5, 5.41) is 1.19. The third-order valence-corrected chi connectivity index (χ3v) is 5.75. The van der Waals surface area contributed by atoms with Crippen molar-refractivity contribution in [1.29, 1.82) is 0 Å². The maximum atomic E-state index is 12.2. The molecule has 27 heavy (non-hydrogen) atoms.